The Kier molecular flexibility index (Phi) is 5.62. The number of benzene rings is 2. The molecule has 0 radical (unpaired) electrons. The molecule has 4 nitrogen and oxygen atoms in total. The largest absolute Gasteiger partial charge is 0.483 e. The molecule has 0 unspecified atom stereocenters. The van der Waals surface area contributed by atoms with Crippen LogP contribution >= 0.6 is 23.2 Å². The van der Waals surface area contributed by atoms with E-state index in [2.05, 4.69) is 4.90 Å². The number of likely N-dealkylation sites (tertiary alicyclic amines) is 1. The molecule has 4 rings (SSSR count). The summed E-state index contributed by atoms with van der Waals surface area (Å²) < 4.78 is 30.9. The molecule has 0 amide bonds. The average molecular weight is 440 g/mol. The monoisotopic (exact) mass is 439 g/mol. The smallest absolute Gasteiger partial charge is 0.179 e. The molecule has 150 valence electrons. The third-order valence-corrected chi connectivity index (χ3v) is 7.32. The van der Waals surface area contributed by atoms with E-state index in [0.29, 0.717) is 15.8 Å². The number of hydrogen-bond acceptors (Lipinski definition) is 4. The van der Waals surface area contributed by atoms with E-state index in [1.807, 2.05) is 6.07 Å². The van der Waals surface area contributed by atoms with Crippen LogP contribution in [0.5, 0.6) is 5.75 Å². The third kappa shape index (κ3) is 3.90. The van der Waals surface area contributed by atoms with Crippen LogP contribution < -0.4 is 4.74 Å². The predicted octanol–water partition coefficient (Wildman–Crippen LogP) is 4.93. The minimum Gasteiger partial charge on any atom is -0.483 e. The Bertz CT molecular complexity index is 987. The Morgan fingerprint density at radius 3 is 2.50 bits per heavy atom. The lowest BCUT2D eigenvalue weighted by molar-refractivity contribution is 0.0630. The van der Waals surface area contributed by atoms with E-state index < -0.39 is 9.84 Å². The maximum absolute atomic E-state index is 12.2. The van der Waals surface area contributed by atoms with Crippen molar-refractivity contribution in [2.75, 3.05) is 19.3 Å². The van der Waals surface area contributed by atoms with Crippen LogP contribution in [0.25, 0.3) is 0 Å². The van der Waals surface area contributed by atoms with E-state index in [1.165, 1.54) is 12.7 Å². The van der Waals surface area contributed by atoms with Crippen molar-refractivity contribution in [3.63, 3.8) is 0 Å². The van der Waals surface area contributed by atoms with Crippen LogP contribution in [0.2, 0.25) is 10.0 Å². The first-order valence-corrected chi connectivity index (χ1v) is 12.2. The third-order valence-electron chi connectivity index (χ3n) is 5.63. The molecule has 1 aliphatic carbocycles. The van der Waals surface area contributed by atoms with Crippen molar-refractivity contribution in [2.45, 2.75) is 42.7 Å². The lowest BCUT2D eigenvalue weighted by Gasteiger charge is -2.36. The molecule has 1 aliphatic heterocycles. The molecule has 0 bridgehead atoms. The molecular weight excluding hydrogens is 417 g/mol. The van der Waals surface area contributed by atoms with Gasteiger partial charge in [-0.3, -0.25) is 4.90 Å². The summed E-state index contributed by atoms with van der Waals surface area (Å²) in [6.45, 7) is 2.02. The first-order valence-electron chi connectivity index (χ1n) is 9.52. The average Bonchev–Trinajstić information content (AvgIpc) is 3.01. The van der Waals surface area contributed by atoms with E-state index in [0.717, 1.165) is 43.5 Å². The molecule has 1 saturated heterocycles. The van der Waals surface area contributed by atoms with Crippen LogP contribution in [0, 0.1) is 0 Å². The molecule has 0 spiro atoms. The van der Waals surface area contributed by atoms with Crippen LogP contribution in [0.15, 0.2) is 41.3 Å². The minimum absolute atomic E-state index is 0.110. The van der Waals surface area contributed by atoms with E-state index in [1.54, 1.807) is 30.3 Å². The van der Waals surface area contributed by atoms with E-state index in [4.69, 9.17) is 27.9 Å². The van der Waals surface area contributed by atoms with Crippen LogP contribution in [0.3, 0.4) is 0 Å². The number of rotatable bonds is 4. The number of halogens is 2. The van der Waals surface area contributed by atoms with Crippen molar-refractivity contribution in [2.24, 2.45) is 0 Å². The summed E-state index contributed by atoms with van der Waals surface area (Å²) in [4.78, 5) is 2.65. The SMILES string of the molecule is CS(=O)(=O)c1ccccc1O[C@H]1c2cc(Cl)cc(Cl)c2C[C@@H]1N1CCCCC1. The van der Waals surface area contributed by atoms with Gasteiger partial charge >= 0.3 is 0 Å². The zero-order chi connectivity index (χ0) is 19.9. The lowest BCUT2D eigenvalue weighted by atomic mass is 10.0. The number of sulfone groups is 1. The highest BCUT2D eigenvalue weighted by Crippen LogP contribution is 2.44. The topological polar surface area (TPSA) is 46.6 Å². The molecule has 7 heteroatoms. The highest BCUT2D eigenvalue weighted by Gasteiger charge is 2.40. The minimum atomic E-state index is -3.40. The van der Waals surface area contributed by atoms with Gasteiger partial charge in [0.15, 0.2) is 9.84 Å². The van der Waals surface area contributed by atoms with Crippen molar-refractivity contribution in [1.29, 1.82) is 0 Å². The van der Waals surface area contributed by atoms with Crippen LogP contribution in [0.1, 0.15) is 36.5 Å². The first-order chi connectivity index (χ1) is 13.3. The van der Waals surface area contributed by atoms with Crippen molar-refractivity contribution < 1.29 is 13.2 Å². The van der Waals surface area contributed by atoms with Gasteiger partial charge in [-0.05, 0) is 62.2 Å². The lowest BCUT2D eigenvalue weighted by Crippen LogP contribution is -2.43. The fraction of sp³-hybridized carbons (Fsp3) is 0.429. The van der Waals surface area contributed by atoms with Gasteiger partial charge in [0.1, 0.15) is 16.7 Å². The number of fused-ring (bicyclic) bond motifs is 1. The second-order valence-electron chi connectivity index (χ2n) is 7.58. The van der Waals surface area contributed by atoms with Crippen molar-refractivity contribution in [3.05, 3.63) is 57.6 Å². The maximum Gasteiger partial charge on any atom is 0.179 e. The maximum atomic E-state index is 12.2. The van der Waals surface area contributed by atoms with E-state index in [9.17, 15) is 8.42 Å². The molecule has 2 aromatic carbocycles. The number of hydrogen-bond donors (Lipinski definition) is 0. The molecule has 0 aromatic heterocycles. The zero-order valence-corrected chi connectivity index (χ0v) is 18.0. The van der Waals surface area contributed by atoms with Gasteiger partial charge in [-0.1, -0.05) is 41.8 Å². The summed E-state index contributed by atoms with van der Waals surface area (Å²) >= 11 is 12.8. The van der Waals surface area contributed by atoms with Gasteiger partial charge < -0.3 is 4.74 Å². The number of para-hydroxylation sites is 1. The molecule has 28 heavy (non-hydrogen) atoms. The van der Waals surface area contributed by atoms with Crippen molar-refractivity contribution in [1.82, 2.24) is 4.90 Å². The Hall–Kier alpha value is -1.27. The molecule has 2 aromatic rings. The summed E-state index contributed by atoms with van der Waals surface area (Å²) in [6, 6.07) is 10.6. The molecule has 0 saturated carbocycles. The highest BCUT2D eigenvalue weighted by molar-refractivity contribution is 7.90. The summed E-state index contributed by atoms with van der Waals surface area (Å²) in [5.74, 6) is 0.376. The summed E-state index contributed by atoms with van der Waals surface area (Å²) in [7, 11) is -3.40. The van der Waals surface area contributed by atoms with Crippen LogP contribution in [0.4, 0.5) is 0 Å². The molecule has 2 aliphatic rings. The molecule has 1 fully saturated rings. The first kappa shape index (κ1) is 20.0. The highest BCUT2D eigenvalue weighted by atomic mass is 35.5. The summed E-state index contributed by atoms with van der Waals surface area (Å²) in [6.07, 6.45) is 5.23. The van der Waals surface area contributed by atoms with Gasteiger partial charge in [0.2, 0.25) is 0 Å². The molecule has 2 atom stereocenters. The van der Waals surface area contributed by atoms with Crippen LogP contribution in [-0.4, -0.2) is 38.7 Å². The van der Waals surface area contributed by atoms with Gasteiger partial charge in [-0.2, -0.15) is 0 Å². The van der Waals surface area contributed by atoms with Crippen molar-refractivity contribution in [3.8, 4) is 5.75 Å². The second kappa shape index (κ2) is 7.86. The quantitative estimate of drug-likeness (QED) is 0.677. The fourth-order valence-electron chi connectivity index (χ4n) is 4.32. The molecule has 0 N–H and O–H groups in total. The summed E-state index contributed by atoms with van der Waals surface area (Å²) in [5.41, 5.74) is 2.00. The summed E-state index contributed by atoms with van der Waals surface area (Å²) in [5, 5.41) is 1.21. The van der Waals surface area contributed by atoms with E-state index in [-0.39, 0.29) is 17.0 Å². The number of nitrogens with zero attached hydrogens (tertiary/aromatic N) is 1. The van der Waals surface area contributed by atoms with Gasteiger partial charge in [0.25, 0.3) is 0 Å². The number of piperidine rings is 1. The Morgan fingerprint density at radius 1 is 1.07 bits per heavy atom. The normalized spacial score (nSPS) is 22.8. The molecule has 1 heterocycles. The Morgan fingerprint density at radius 2 is 1.79 bits per heavy atom. The Labute approximate surface area is 176 Å². The van der Waals surface area contributed by atoms with Gasteiger partial charge in [-0.25, -0.2) is 8.42 Å². The van der Waals surface area contributed by atoms with Gasteiger partial charge in [-0.15, -0.1) is 0 Å². The predicted molar refractivity (Wildman–Crippen MR) is 112 cm³/mol. The van der Waals surface area contributed by atoms with E-state index >= 15 is 0 Å². The van der Waals surface area contributed by atoms with Gasteiger partial charge in [0, 0.05) is 21.9 Å². The number of ether oxygens (including phenoxy) is 1. The standard InChI is InChI=1S/C21H23Cl2NO3S/c1-28(25,26)20-8-4-3-7-19(20)27-21-16-11-14(22)12-17(23)15(16)13-18(21)24-9-5-2-6-10-24/h3-4,7-8,11-12,18,21H,2,5-6,9-10,13H2,1H3/t18-,21-/m0/s1. The fourth-order valence-corrected chi connectivity index (χ4v) is 5.71. The zero-order valence-electron chi connectivity index (χ0n) is 15.7. The second-order valence-corrected chi connectivity index (χ2v) is 10.4. The Balaban J connectivity index is 1.76. The molecular formula is C21H23Cl2NO3S. The van der Waals surface area contributed by atoms with Crippen LogP contribution in [-0.2, 0) is 16.3 Å². The van der Waals surface area contributed by atoms with Gasteiger partial charge in [0.05, 0.1) is 6.04 Å². The van der Waals surface area contributed by atoms with Crippen molar-refractivity contribution >= 4 is 33.0 Å².